The minimum Gasteiger partial charge on any atom is -0.468 e. The molecule has 4 heterocycles. The molecule has 0 aliphatic carbocycles. The molecule has 4 aromatic rings. The molecule has 10 heteroatoms. The lowest BCUT2D eigenvalue weighted by atomic mass is 10.1. The molecule has 1 aliphatic heterocycles. The van der Waals surface area contributed by atoms with E-state index in [-0.39, 0.29) is 6.61 Å². The Kier molecular flexibility index (Phi) is 4.08. The highest BCUT2D eigenvalue weighted by molar-refractivity contribution is 5.77. The molecule has 0 N–H and O–H groups in total. The maximum absolute atomic E-state index is 6.00. The number of ether oxygens (including phenoxy) is 1. The molecule has 146 valence electrons. The summed E-state index contributed by atoms with van der Waals surface area (Å²) < 4.78 is 14.6. The molecule has 29 heavy (non-hydrogen) atoms. The molecule has 0 bridgehead atoms. The summed E-state index contributed by atoms with van der Waals surface area (Å²) in [6, 6.07) is 11.8. The van der Waals surface area contributed by atoms with Crippen molar-refractivity contribution in [2.24, 2.45) is 12.1 Å². The van der Waals surface area contributed by atoms with Crippen molar-refractivity contribution in [2.45, 2.75) is 20.1 Å². The van der Waals surface area contributed by atoms with Crippen LogP contribution in [0.25, 0.3) is 11.1 Å². The lowest BCUT2D eigenvalue weighted by molar-refractivity contribution is 0.283. The smallest absolute Gasteiger partial charge is 0.242 e. The van der Waals surface area contributed by atoms with Crippen molar-refractivity contribution in [1.82, 2.24) is 29.7 Å². The zero-order chi connectivity index (χ0) is 19.8. The van der Waals surface area contributed by atoms with Gasteiger partial charge in [0.05, 0.1) is 17.8 Å². The summed E-state index contributed by atoms with van der Waals surface area (Å²) in [6.07, 6.45) is 3.28. The van der Waals surface area contributed by atoms with Crippen LogP contribution in [0.2, 0.25) is 0 Å². The molecule has 5 rings (SSSR count). The Morgan fingerprint density at radius 3 is 2.76 bits per heavy atom. The van der Waals surface area contributed by atoms with Gasteiger partial charge in [-0.1, -0.05) is 35.5 Å². The molecule has 0 amide bonds. The van der Waals surface area contributed by atoms with Gasteiger partial charge in [-0.15, -0.1) is 5.10 Å². The van der Waals surface area contributed by atoms with Crippen LogP contribution in [-0.4, -0.2) is 36.0 Å². The minimum absolute atomic E-state index is 0.223. The Morgan fingerprint density at radius 1 is 1.17 bits per heavy atom. The number of aryl methyl sites for hydroxylation is 2. The molecule has 1 aromatic carbocycles. The normalized spacial score (nSPS) is 13.0. The second-order valence-electron chi connectivity index (χ2n) is 6.64. The van der Waals surface area contributed by atoms with Gasteiger partial charge in [-0.3, -0.25) is 4.68 Å². The predicted molar refractivity (Wildman–Crippen MR) is 104 cm³/mol. The molecule has 10 nitrogen and oxygen atoms in total. The minimum atomic E-state index is 0.223. The van der Waals surface area contributed by atoms with Crippen LogP contribution in [0.15, 0.2) is 52.4 Å². The molecular weight excluding hydrogens is 372 g/mol. The van der Waals surface area contributed by atoms with E-state index < -0.39 is 0 Å². The lowest BCUT2D eigenvalue weighted by Gasteiger charge is -2.20. The van der Waals surface area contributed by atoms with Gasteiger partial charge in [0.1, 0.15) is 18.4 Å². The predicted octanol–water partition coefficient (Wildman–Crippen LogP) is 2.37. The van der Waals surface area contributed by atoms with Crippen molar-refractivity contribution >= 4 is 12.2 Å². The van der Waals surface area contributed by atoms with Crippen molar-refractivity contribution in [3.63, 3.8) is 0 Å². The molecule has 1 aliphatic rings. The third-order valence-electron chi connectivity index (χ3n) is 4.50. The number of hydrazone groups is 1. The number of hydrogen-bond acceptors (Lipinski definition) is 8. The number of benzene rings is 1. The Bertz CT molecular complexity index is 1170. The number of fused-ring (bicyclic) bond motifs is 1. The number of hydrogen-bond donors (Lipinski definition) is 0. The van der Waals surface area contributed by atoms with Crippen LogP contribution in [0.3, 0.4) is 0 Å². The van der Waals surface area contributed by atoms with Gasteiger partial charge in [0.2, 0.25) is 5.88 Å². The Hall–Kier alpha value is -3.95. The average Bonchev–Trinajstić information content (AvgIpc) is 3.44. The summed E-state index contributed by atoms with van der Waals surface area (Å²) in [6.45, 7) is 2.55. The summed E-state index contributed by atoms with van der Waals surface area (Å²) >= 11 is 0. The summed E-state index contributed by atoms with van der Waals surface area (Å²) in [5.74, 6) is 2.46. The van der Waals surface area contributed by atoms with Crippen molar-refractivity contribution in [3.05, 3.63) is 60.0 Å². The monoisotopic (exact) mass is 390 g/mol. The van der Waals surface area contributed by atoms with Crippen molar-refractivity contribution < 1.29 is 9.26 Å². The van der Waals surface area contributed by atoms with Crippen LogP contribution in [0, 0.1) is 6.92 Å². The van der Waals surface area contributed by atoms with Crippen LogP contribution >= 0.6 is 0 Å². The number of aromatic nitrogens is 6. The molecule has 3 aromatic heterocycles. The third-order valence-corrected chi connectivity index (χ3v) is 4.50. The fraction of sp³-hybridized carbons (Fsp3) is 0.211. The van der Waals surface area contributed by atoms with Gasteiger partial charge in [0.25, 0.3) is 0 Å². The summed E-state index contributed by atoms with van der Waals surface area (Å²) in [5.41, 5.74) is 2.85. The molecule has 0 atom stereocenters. The van der Waals surface area contributed by atoms with E-state index in [0.29, 0.717) is 24.1 Å². The van der Waals surface area contributed by atoms with Gasteiger partial charge in [-0.25, -0.2) is 14.7 Å². The molecular formula is C19H18N8O2. The maximum Gasteiger partial charge on any atom is 0.242 e. The van der Waals surface area contributed by atoms with Crippen molar-refractivity contribution in [2.75, 3.05) is 5.01 Å². The van der Waals surface area contributed by atoms with Crippen LogP contribution < -0.4 is 9.75 Å². The average molecular weight is 390 g/mol. The lowest BCUT2D eigenvalue weighted by Crippen LogP contribution is -2.25. The number of rotatable bonds is 5. The molecule has 0 fully saturated rings. The van der Waals surface area contributed by atoms with E-state index in [1.54, 1.807) is 27.0 Å². The first-order valence-corrected chi connectivity index (χ1v) is 9.06. The highest BCUT2D eigenvalue weighted by atomic mass is 16.5. The van der Waals surface area contributed by atoms with Gasteiger partial charge in [-0.05, 0) is 12.5 Å². The third kappa shape index (κ3) is 3.24. The van der Waals surface area contributed by atoms with E-state index in [2.05, 4.69) is 25.4 Å². The molecule has 0 saturated carbocycles. The summed E-state index contributed by atoms with van der Waals surface area (Å²) in [5, 5.41) is 19.1. The van der Waals surface area contributed by atoms with Crippen LogP contribution in [0.1, 0.15) is 17.3 Å². The van der Waals surface area contributed by atoms with Crippen LogP contribution in [-0.2, 0) is 20.2 Å². The van der Waals surface area contributed by atoms with E-state index in [1.807, 2.05) is 50.4 Å². The first-order valence-electron chi connectivity index (χ1n) is 9.06. The van der Waals surface area contributed by atoms with Gasteiger partial charge < -0.3 is 9.26 Å². The van der Waals surface area contributed by atoms with E-state index in [4.69, 9.17) is 9.26 Å². The van der Waals surface area contributed by atoms with Gasteiger partial charge in [-0.2, -0.15) is 10.2 Å². The van der Waals surface area contributed by atoms with Crippen LogP contribution in [0.5, 0.6) is 5.88 Å². The zero-order valence-electron chi connectivity index (χ0n) is 15.9. The van der Waals surface area contributed by atoms with E-state index in [9.17, 15) is 0 Å². The summed E-state index contributed by atoms with van der Waals surface area (Å²) in [4.78, 5) is 4.21. The fourth-order valence-corrected chi connectivity index (χ4v) is 3.18. The maximum atomic E-state index is 6.00. The van der Waals surface area contributed by atoms with Gasteiger partial charge in [0.15, 0.2) is 18.2 Å². The summed E-state index contributed by atoms with van der Waals surface area (Å²) in [7, 11) is 1.82. The van der Waals surface area contributed by atoms with E-state index in [1.165, 1.54) is 0 Å². The largest absolute Gasteiger partial charge is 0.468 e. The standard InChI is InChI=1S/C19H18N8O2/c1-13-8-17(24-29-13)26-9-15-18(14-6-4-3-5-7-14)19(23-27(15)12-21-26)28-10-16-20-11-25(2)22-16/h3-8,11-12H,9-10H2,1-2H3. The Labute approximate surface area is 166 Å². The Balaban J connectivity index is 1.51. The fourth-order valence-electron chi connectivity index (χ4n) is 3.18. The SMILES string of the molecule is Cc1cc(N2Cc3c(-c4ccccc4)c(OCc4ncn(C)n4)nn3C=N2)no1. The quantitative estimate of drug-likeness (QED) is 0.516. The van der Waals surface area contributed by atoms with Crippen molar-refractivity contribution in [1.29, 1.82) is 0 Å². The first kappa shape index (κ1) is 17.2. The van der Waals surface area contributed by atoms with Crippen LogP contribution in [0.4, 0.5) is 5.82 Å². The van der Waals surface area contributed by atoms with Gasteiger partial charge in [0, 0.05) is 13.1 Å². The van der Waals surface area contributed by atoms with E-state index in [0.717, 1.165) is 22.6 Å². The molecule has 0 spiro atoms. The Morgan fingerprint density at radius 2 is 2.03 bits per heavy atom. The molecule has 0 unspecified atom stereocenters. The second-order valence-corrected chi connectivity index (χ2v) is 6.64. The van der Waals surface area contributed by atoms with E-state index >= 15 is 0 Å². The molecule has 0 saturated heterocycles. The number of nitrogens with zero attached hydrogens (tertiary/aromatic N) is 8. The highest BCUT2D eigenvalue weighted by Gasteiger charge is 2.26. The first-order chi connectivity index (χ1) is 14.2. The topological polar surface area (TPSA) is 99.4 Å². The van der Waals surface area contributed by atoms with Crippen molar-refractivity contribution in [3.8, 4) is 17.0 Å². The zero-order valence-corrected chi connectivity index (χ0v) is 15.9. The van der Waals surface area contributed by atoms with Gasteiger partial charge >= 0.3 is 0 Å². The highest BCUT2D eigenvalue weighted by Crippen LogP contribution is 2.35. The number of anilines is 1. The second kappa shape index (κ2) is 6.89. The molecule has 0 radical (unpaired) electrons.